The Hall–Kier alpha value is -0.730. The number of benzene rings is 1. The van der Waals surface area contributed by atoms with E-state index in [2.05, 4.69) is 12.2 Å². The molecule has 2 nitrogen and oxygen atoms in total. The highest BCUT2D eigenvalue weighted by molar-refractivity contribution is 6.32. The fourth-order valence-corrected chi connectivity index (χ4v) is 2.97. The number of hydrogen-bond acceptors (Lipinski definition) is 2. The van der Waals surface area contributed by atoms with Gasteiger partial charge in [0.25, 0.3) is 0 Å². The second-order valence-electron chi connectivity index (χ2n) is 4.91. The van der Waals surface area contributed by atoms with Crippen molar-refractivity contribution in [1.82, 2.24) is 5.32 Å². The van der Waals surface area contributed by atoms with Gasteiger partial charge in [-0.2, -0.15) is 0 Å². The topological polar surface area (TPSA) is 32.3 Å². The highest BCUT2D eigenvalue weighted by Gasteiger charge is 2.26. The second-order valence-corrected chi connectivity index (χ2v) is 5.29. The van der Waals surface area contributed by atoms with Gasteiger partial charge in [0.1, 0.15) is 5.75 Å². The van der Waals surface area contributed by atoms with Gasteiger partial charge in [-0.3, -0.25) is 0 Å². The Labute approximate surface area is 108 Å². The third-order valence-electron chi connectivity index (χ3n) is 3.75. The van der Waals surface area contributed by atoms with Crippen LogP contribution < -0.4 is 5.32 Å². The van der Waals surface area contributed by atoms with Crippen LogP contribution in [0.3, 0.4) is 0 Å². The first-order valence-corrected chi connectivity index (χ1v) is 6.72. The third kappa shape index (κ3) is 2.58. The lowest BCUT2D eigenvalue weighted by atomic mass is 9.84. The number of phenolic OH excluding ortho intramolecular Hbond substituents is 1. The molecule has 0 aliphatic carbocycles. The Morgan fingerprint density at radius 2 is 2.24 bits per heavy atom. The molecule has 0 amide bonds. The molecule has 2 N–H and O–H groups in total. The maximum absolute atomic E-state index is 10.0. The maximum Gasteiger partial charge on any atom is 0.120 e. The summed E-state index contributed by atoms with van der Waals surface area (Å²) in [6.45, 7) is 5.19. The molecule has 17 heavy (non-hydrogen) atoms. The largest absolute Gasteiger partial charge is 0.508 e. The summed E-state index contributed by atoms with van der Waals surface area (Å²) in [6, 6.07) is 4.18. The zero-order valence-corrected chi connectivity index (χ0v) is 11.2. The van der Waals surface area contributed by atoms with Crippen LogP contribution in [0.1, 0.15) is 43.2 Å². The minimum absolute atomic E-state index is 0.349. The van der Waals surface area contributed by atoms with Gasteiger partial charge in [-0.1, -0.05) is 24.6 Å². The van der Waals surface area contributed by atoms with E-state index in [0.717, 1.165) is 42.0 Å². The lowest BCUT2D eigenvalue weighted by Gasteiger charge is -2.31. The van der Waals surface area contributed by atoms with Crippen molar-refractivity contribution >= 4 is 11.6 Å². The van der Waals surface area contributed by atoms with Crippen molar-refractivity contribution < 1.29 is 5.11 Å². The number of nitrogens with one attached hydrogen (secondary N) is 1. The van der Waals surface area contributed by atoms with E-state index >= 15 is 0 Å². The first kappa shape index (κ1) is 12.7. The second kappa shape index (κ2) is 5.28. The van der Waals surface area contributed by atoms with E-state index in [9.17, 15) is 5.11 Å². The molecule has 0 saturated carbocycles. The molecule has 0 aromatic heterocycles. The Balaban J connectivity index is 2.30. The molecule has 1 saturated heterocycles. The van der Waals surface area contributed by atoms with Crippen LogP contribution in [-0.2, 0) is 0 Å². The predicted octanol–water partition coefficient (Wildman–Crippen LogP) is 3.60. The molecular formula is C14H20ClNO. The van der Waals surface area contributed by atoms with Crippen LogP contribution in [0.4, 0.5) is 0 Å². The average Bonchev–Trinajstić information content (AvgIpc) is 2.35. The number of piperidine rings is 1. The maximum atomic E-state index is 10.0. The van der Waals surface area contributed by atoms with Gasteiger partial charge in [-0.25, -0.2) is 0 Å². The summed E-state index contributed by atoms with van der Waals surface area (Å²) in [6.07, 6.45) is 3.24. The van der Waals surface area contributed by atoms with Gasteiger partial charge in [0.2, 0.25) is 0 Å². The zero-order chi connectivity index (χ0) is 12.4. The lowest BCUT2D eigenvalue weighted by Crippen LogP contribution is -2.36. The van der Waals surface area contributed by atoms with Crippen LogP contribution in [0, 0.1) is 6.92 Å². The molecule has 0 unspecified atom stereocenters. The summed E-state index contributed by atoms with van der Waals surface area (Å²) >= 11 is 6.34. The van der Waals surface area contributed by atoms with Gasteiger partial charge in [0.05, 0.1) is 5.02 Å². The molecule has 0 radical (unpaired) electrons. The van der Waals surface area contributed by atoms with Crippen LogP contribution in [0.5, 0.6) is 5.75 Å². The van der Waals surface area contributed by atoms with Crippen LogP contribution in [0.25, 0.3) is 0 Å². The Morgan fingerprint density at radius 1 is 1.47 bits per heavy atom. The van der Waals surface area contributed by atoms with Crippen LogP contribution in [0.2, 0.25) is 5.02 Å². The molecule has 1 aromatic rings. The molecule has 94 valence electrons. The summed E-state index contributed by atoms with van der Waals surface area (Å²) in [5, 5.41) is 14.3. The third-order valence-corrected chi connectivity index (χ3v) is 4.25. The molecule has 2 atom stereocenters. The predicted molar refractivity (Wildman–Crippen MR) is 71.9 cm³/mol. The lowest BCUT2D eigenvalue weighted by molar-refractivity contribution is 0.347. The number of aryl methyl sites for hydroxylation is 1. The van der Waals surface area contributed by atoms with Crippen molar-refractivity contribution in [3.05, 3.63) is 28.3 Å². The zero-order valence-electron chi connectivity index (χ0n) is 10.5. The van der Waals surface area contributed by atoms with E-state index < -0.39 is 0 Å². The number of hydrogen-bond donors (Lipinski definition) is 2. The van der Waals surface area contributed by atoms with E-state index in [-0.39, 0.29) is 0 Å². The van der Waals surface area contributed by atoms with Crippen LogP contribution >= 0.6 is 11.6 Å². The molecule has 1 aliphatic heterocycles. The number of halogens is 1. The minimum Gasteiger partial charge on any atom is -0.508 e. The first-order chi connectivity index (χ1) is 8.13. The van der Waals surface area contributed by atoms with Crippen molar-refractivity contribution in [3.63, 3.8) is 0 Å². The summed E-state index contributed by atoms with van der Waals surface area (Å²) in [7, 11) is 0. The fraction of sp³-hybridized carbons (Fsp3) is 0.571. The summed E-state index contributed by atoms with van der Waals surface area (Å²) in [4.78, 5) is 0. The van der Waals surface area contributed by atoms with Gasteiger partial charge < -0.3 is 10.4 Å². The molecule has 1 aliphatic rings. The van der Waals surface area contributed by atoms with E-state index in [4.69, 9.17) is 11.6 Å². The van der Waals surface area contributed by atoms with E-state index in [0.29, 0.717) is 17.7 Å². The molecule has 1 heterocycles. The fourth-order valence-electron chi connectivity index (χ4n) is 2.66. The normalized spacial score (nSPS) is 24.9. The van der Waals surface area contributed by atoms with E-state index in [1.54, 1.807) is 6.07 Å². The molecule has 0 bridgehead atoms. The van der Waals surface area contributed by atoms with E-state index in [1.165, 1.54) is 0 Å². The number of aromatic hydroxyl groups is 1. The van der Waals surface area contributed by atoms with Crippen molar-refractivity contribution in [2.45, 2.75) is 45.1 Å². The molecular weight excluding hydrogens is 234 g/mol. The molecule has 1 aromatic carbocycles. The first-order valence-electron chi connectivity index (χ1n) is 6.34. The van der Waals surface area contributed by atoms with Gasteiger partial charge >= 0.3 is 0 Å². The van der Waals surface area contributed by atoms with Gasteiger partial charge in [0, 0.05) is 11.6 Å². The Morgan fingerprint density at radius 3 is 2.94 bits per heavy atom. The minimum atomic E-state index is 0.349. The smallest absolute Gasteiger partial charge is 0.120 e. The van der Waals surface area contributed by atoms with Gasteiger partial charge in [-0.05, 0) is 50.3 Å². The standard InChI is InChI=1S/C14H20ClNO/c1-3-11-8-10(6-7-16-11)13-12(17)5-4-9(2)14(13)15/h4-5,10-11,16-17H,3,6-8H2,1-2H3/t10-,11-/m1/s1. The van der Waals surface area contributed by atoms with E-state index in [1.807, 2.05) is 13.0 Å². The van der Waals surface area contributed by atoms with Crippen molar-refractivity contribution in [3.8, 4) is 5.75 Å². The SMILES string of the molecule is CC[C@@H]1C[C@H](c2c(O)ccc(C)c2Cl)CCN1. The Bertz CT molecular complexity index is 405. The van der Waals surface area contributed by atoms with Crippen LogP contribution in [0.15, 0.2) is 12.1 Å². The molecule has 1 fully saturated rings. The number of rotatable bonds is 2. The molecule has 2 rings (SSSR count). The quantitative estimate of drug-likeness (QED) is 0.844. The van der Waals surface area contributed by atoms with Gasteiger partial charge in [0.15, 0.2) is 0 Å². The average molecular weight is 254 g/mol. The van der Waals surface area contributed by atoms with Crippen LogP contribution in [-0.4, -0.2) is 17.7 Å². The highest BCUT2D eigenvalue weighted by Crippen LogP contribution is 2.40. The Kier molecular flexibility index (Phi) is 3.95. The van der Waals surface area contributed by atoms with Crippen molar-refractivity contribution in [1.29, 1.82) is 0 Å². The number of phenols is 1. The highest BCUT2D eigenvalue weighted by atomic mass is 35.5. The van der Waals surface area contributed by atoms with Crippen molar-refractivity contribution in [2.75, 3.05) is 6.54 Å². The molecule has 3 heteroatoms. The molecule has 0 spiro atoms. The summed E-state index contributed by atoms with van der Waals surface area (Å²) in [5.41, 5.74) is 2.00. The van der Waals surface area contributed by atoms with Gasteiger partial charge in [-0.15, -0.1) is 0 Å². The summed E-state index contributed by atoms with van der Waals surface area (Å²) in [5.74, 6) is 0.732. The monoisotopic (exact) mass is 253 g/mol. The van der Waals surface area contributed by atoms with Crippen molar-refractivity contribution in [2.24, 2.45) is 0 Å². The summed E-state index contributed by atoms with van der Waals surface area (Å²) < 4.78 is 0.